The highest BCUT2D eigenvalue weighted by atomic mass is 32.2. The maximum absolute atomic E-state index is 12.6. The first-order valence-corrected chi connectivity index (χ1v) is 9.35. The van der Waals surface area contributed by atoms with Crippen LogP contribution < -0.4 is 4.72 Å². The predicted molar refractivity (Wildman–Crippen MR) is 98.7 cm³/mol. The number of carbonyl (C=O) groups excluding carboxylic acids is 1. The molecular weight excluding hydrogens is 338 g/mol. The molecule has 0 bridgehead atoms. The van der Waals surface area contributed by atoms with E-state index < -0.39 is 16.0 Å². The van der Waals surface area contributed by atoms with Gasteiger partial charge in [-0.25, -0.2) is 13.2 Å². The molecule has 0 heterocycles. The van der Waals surface area contributed by atoms with E-state index in [1.54, 1.807) is 62.4 Å². The second kappa shape index (κ2) is 7.98. The molecule has 0 radical (unpaired) electrons. The fourth-order valence-corrected chi connectivity index (χ4v) is 3.36. The van der Waals surface area contributed by atoms with Crippen molar-refractivity contribution < 1.29 is 17.9 Å². The minimum absolute atomic E-state index is 0.180. The van der Waals surface area contributed by atoms with Gasteiger partial charge in [0.05, 0.1) is 17.2 Å². The molecule has 0 aliphatic carbocycles. The van der Waals surface area contributed by atoms with E-state index in [-0.39, 0.29) is 11.5 Å². The van der Waals surface area contributed by atoms with Crippen molar-refractivity contribution in [2.45, 2.75) is 25.7 Å². The van der Waals surface area contributed by atoms with Crippen LogP contribution in [-0.4, -0.2) is 21.0 Å². The van der Waals surface area contributed by atoms with Crippen LogP contribution in [0, 0.1) is 6.92 Å². The molecule has 0 aliphatic rings. The smallest absolute Gasteiger partial charge is 0.331 e. The van der Waals surface area contributed by atoms with Crippen LogP contribution in [0.15, 0.2) is 59.5 Å². The van der Waals surface area contributed by atoms with E-state index in [0.717, 1.165) is 5.56 Å². The molecule has 0 atom stereocenters. The van der Waals surface area contributed by atoms with Crippen molar-refractivity contribution in [3.8, 4) is 0 Å². The number of para-hydroxylation sites is 1. The summed E-state index contributed by atoms with van der Waals surface area (Å²) in [5.74, 6) is -0.462. The van der Waals surface area contributed by atoms with Crippen molar-refractivity contribution in [1.82, 2.24) is 0 Å². The van der Waals surface area contributed by atoms with Gasteiger partial charge in [-0.3, -0.25) is 4.72 Å². The third kappa shape index (κ3) is 4.93. The van der Waals surface area contributed by atoms with Gasteiger partial charge in [-0.15, -0.1) is 0 Å². The molecule has 0 spiro atoms. The Morgan fingerprint density at radius 2 is 1.76 bits per heavy atom. The first-order chi connectivity index (χ1) is 11.8. The van der Waals surface area contributed by atoms with Crippen molar-refractivity contribution in [1.29, 1.82) is 0 Å². The van der Waals surface area contributed by atoms with Gasteiger partial charge in [0.2, 0.25) is 0 Å². The Balaban J connectivity index is 2.35. The third-order valence-corrected chi connectivity index (χ3v) is 4.93. The number of ether oxygens (including phenoxy) is 1. The lowest BCUT2D eigenvalue weighted by molar-refractivity contribution is -0.137. The van der Waals surface area contributed by atoms with Crippen LogP contribution in [0.3, 0.4) is 0 Å². The summed E-state index contributed by atoms with van der Waals surface area (Å²) in [6.07, 6.45) is 1.35. The third-order valence-electron chi connectivity index (χ3n) is 3.55. The zero-order chi connectivity index (χ0) is 18.4. The van der Waals surface area contributed by atoms with E-state index in [0.29, 0.717) is 16.8 Å². The molecule has 0 amide bonds. The molecule has 0 saturated carbocycles. The molecule has 0 fully saturated rings. The standard InChI is InChI=1S/C19H21NO4S/c1-4-24-19(21)13-15(3)17-7-5-6-8-18(17)20-25(22,23)16-11-9-14(2)10-12-16/h5-13,20H,4H2,1-3H3/b15-13+. The van der Waals surface area contributed by atoms with Crippen LogP contribution in [0.2, 0.25) is 0 Å². The minimum atomic E-state index is -3.72. The molecule has 2 rings (SSSR count). The highest BCUT2D eigenvalue weighted by Gasteiger charge is 2.16. The van der Waals surface area contributed by atoms with Gasteiger partial charge in [0, 0.05) is 11.6 Å². The average Bonchev–Trinajstić information content (AvgIpc) is 2.55. The number of allylic oxidation sites excluding steroid dienone is 1. The number of aryl methyl sites for hydroxylation is 1. The number of carbonyl (C=O) groups is 1. The van der Waals surface area contributed by atoms with E-state index >= 15 is 0 Å². The van der Waals surface area contributed by atoms with Gasteiger partial charge in [-0.1, -0.05) is 35.9 Å². The summed E-state index contributed by atoms with van der Waals surface area (Å²) in [5, 5.41) is 0. The molecule has 2 aromatic rings. The minimum Gasteiger partial charge on any atom is -0.463 e. The second-order valence-corrected chi connectivity index (χ2v) is 7.23. The molecule has 6 heteroatoms. The van der Waals surface area contributed by atoms with Crippen LogP contribution in [0.4, 0.5) is 5.69 Å². The Kier molecular flexibility index (Phi) is 5.98. The summed E-state index contributed by atoms with van der Waals surface area (Å²) in [6.45, 7) is 5.63. The number of hydrogen-bond acceptors (Lipinski definition) is 4. The van der Waals surface area contributed by atoms with Gasteiger partial charge in [0.25, 0.3) is 10.0 Å². The zero-order valence-corrected chi connectivity index (χ0v) is 15.3. The summed E-state index contributed by atoms with van der Waals surface area (Å²) >= 11 is 0. The lowest BCUT2D eigenvalue weighted by Gasteiger charge is -2.13. The van der Waals surface area contributed by atoms with E-state index in [1.807, 2.05) is 6.92 Å². The van der Waals surface area contributed by atoms with Crippen molar-refractivity contribution in [3.63, 3.8) is 0 Å². The van der Waals surface area contributed by atoms with Gasteiger partial charge in [-0.2, -0.15) is 0 Å². The Morgan fingerprint density at radius 3 is 2.40 bits per heavy atom. The quantitative estimate of drug-likeness (QED) is 0.629. The molecule has 5 nitrogen and oxygen atoms in total. The van der Waals surface area contributed by atoms with Crippen LogP contribution in [-0.2, 0) is 19.6 Å². The largest absolute Gasteiger partial charge is 0.463 e. The van der Waals surface area contributed by atoms with Crippen molar-refractivity contribution in [2.24, 2.45) is 0 Å². The Bertz CT molecular complexity index is 884. The lowest BCUT2D eigenvalue weighted by atomic mass is 10.1. The lowest BCUT2D eigenvalue weighted by Crippen LogP contribution is -2.14. The Hall–Kier alpha value is -2.60. The molecule has 25 heavy (non-hydrogen) atoms. The maximum Gasteiger partial charge on any atom is 0.331 e. The summed E-state index contributed by atoms with van der Waals surface area (Å²) in [6, 6.07) is 13.5. The number of hydrogen-bond donors (Lipinski definition) is 1. The average molecular weight is 359 g/mol. The fraction of sp³-hybridized carbons (Fsp3) is 0.211. The highest BCUT2D eigenvalue weighted by molar-refractivity contribution is 7.92. The van der Waals surface area contributed by atoms with Gasteiger partial charge in [0.1, 0.15) is 0 Å². The van der Waals surface area contributed by atoms with Crippen molar-refractivity contribution in [2.75, 3.05) is 11.3 Å². The number of esters is 1. The molecule has 0 saturated heterocycles. The van der Waals surface area contributed by atoms with E-state index in [9.17, 15) is 13.2 Å². The summed E-state index contributed by atoms with van der Waals surface area (Å²) < 4.78 is 32.7. The molecular formula is C19H21NO4S. The number of anilines is 1. The summed E-state index contributed by atoms with van der Waals surface area (Å²) in [7, 11) is -3.72. The second-order valence-electron chi connectivity index (χ2n) is 5.54. The summed E-state index contributed by atoms with van der Waals surface area (Å²) in [5.41, 5.74) is 2.61. The molecule has 132 valence electrons. The number of rotatable bonds is 6. The van der Waals surface area contributed by atoms with Crippen LogP contribution in [0.5, 0.6) is 0 Å². The molecule has 0 aromatic heterocycles. The predicted octanol–water partition coefficient (Wildman–Crippen LogP) is 3.76. The number of nitrogens with one attached hydrogen (secondary N) is 1. The van der Waals surface area contributed by atoms with Crippen LogP contribution in [0.1, 0.15) is 25.0 Å². The Morgan fingerprint density at radius 1 is 1.12 bits per heavy atom. The van der Waals surface area contributed by atoms with Crippen molar-refractivity contribution in [3.05, 3.63) is 65.7 Å². The first-order valence-electron chi connectivity index (χ1n) is 7.87. The molecule has 1 N–H and O–H groups in total. The number of benzene rings is 2. The van der Waals surface area contributed by atoms with Crippen LogP contribution in [0.25, 0.3) is 5.57 Å². The van der Waals surface area contributed by atoms with Crippen molar-refractivity contribution >= 4 is 27.3 Å². The van der Waals surface area contributed by atoms with E-state index in [2.05, 4.69) is 4.72 Å². The molecule has 0 aliphatic heterocycles. The fourth-order valence-electron chi connectivity index (χ4n) is 2.28. The van der Waals surface area contributed by atoms with E-state index in [4.69, 9.17) is 4.74 Å². The molecule has 2 aromatic carbocycles. The molecule has 0 unspecified atom stereocenters. The van der Waals surface area contributed by atoms with Gasteiger partial charge < -0.3 is 4.74 Å². The van der Waals surface area contributed by atoms with Gasteiger partial charge >= 0.3 is 5.97 Å². The van der Waals surface area contributed by atoms with Gasteiger partial charge in [0.15, 0.2) is 0 Å². The highest BCUT2D eigenvalue weighted by Crippen LogP contribution is 2.26. The topological polar surface area (TPSA) is 72.5 Å². The Labute approximate surface area is 148 Å². The van der Waals surface area contributed by atoms with Crippen LogP contribution >= 0.6 is 0 Å². The monoisotopic (exact) mass is 359 g/mol. The van der Waals surface area contributed by atoms with E-state index in [1.165, 1.54) is 6.08 Å². The maximum atomic E-state index is 12.6. The SMILES string of the molecule is CCOC(=O)/C=C(\C)c1ccccc1NS(=O)(=O)c1ccc(C)cc1. The van der Waals surface area contributed by atoms with Gasteiger partial charge in [-0.05, 0) is 44.5 Å². The first kappa shape index (κ1) is 18.7. The number of sulfonamides is 1. The zero-order valence-electron chi connectivity index (χ0n) is 14.4. The summed E-state index contributed by atoms with van der Waals surface area (Å²) in [4.78, 5) is 11.8. The normalized spacial score (nSPS) is 11.9.